The zero-order valence-corrected chi connectivity index (χ0v) is 13.5. The van der Waals surface area contributed by atoms with E-state index in [0.717, 1.165) is 56.0 Å². The van der Waals surface area contributed by atoms with Crippen molar-refractivity contribution in [1.29, 1.82) is 0 Å². The van der Waals surface area contributed by atoms with E-state index in [0.29, 0.717) is 17.9 Å². The Morgan fingerprint density at radius 1 is 1.35 bits per heavy atom. The fraction of sp³-hybridized carbons (Fsp3) is 0.688. The van der Waals surface area contributed by atoms with Gasteiger partial charge in [0.25, 0.3) is 5.71 Å². The SMILES string of the molecule is CCO[C@@H]1C[C@@H](Nc2ncnc3onc(C)c23)C12CCOCC2. The Balaban J connectivity index is 1.61. The van der Waals surface area contributed by atoms with Gasteiger partial charge in [-0.15, -0.1) is 0 Å². The lowest BCUT2D eigenvalue weighted by atomic mass is 9.57. The number of hydrogen-bond donors (Lipinski definition) is 1. The van der Waals surface area contributed by atoms with Crippen molar-refractivity contribution in [2.45, 2.75) is 45.3 Å². The number of aryl methyl sites for hydroxylation is 1. The number of aromatic nitrogens is 3. The van der Waals surface area contributed by atoms with Gasteiger partial charge in [0, 0.05) is 31.3 Å². The number of rotatable bonds is 4. The van der Waals surface area contributed by atoms with Crippen LogP contribution in [0.1, 0.15) is 31.9 Å². The second-order valence-electron chi connectivity index (χ2n) is 6.39. The van der Waals surface area contributed by atoms with Gasteiger partial charge in [0.1, 0.15) is 17.5 Å². The molecule has 0 radical (unpaired) electrons. The van der Waals surface area contributed by atoms with E-state index in [-0.39, 0.29) is 5.41 Å². The van der Waals surface area contributed by atoms with Gasteiger partial charge < -0.3 is 19.3 Å². The number of nitrogens with zero attached hydrogens (tertiary/aromatic N) is 3. The standard InChI is InChI=1S/C16H22N4O3/c1-3-22-12-8-11(16(12)4-6-21-7-5-16)19-14-13-10(2)20-23-15(13)18-9-17-14/h9,11-12H,3-8H2,1-2H3,(H,17,18,19)/t11-,12-/m1/s1. The first-order valence-electron chi connectivity index (χ1n) is 8.27. The third-order valence-corrected chi connectivity index (χ3v) is 5.33. The molecule has 0 unspecified atom stereocenters. The molecule has 2 aromatic heterocycles. The normalized spacial score (nSPS) is 26.3. The second-order valence-corrected chi connectivity index (χ2v) is 6.39. The van der Waals surface area contributed by atoms with Crippen LogP contribution in [0.4, 0.5) is 5.82 Å². The van der Waals surface area contributed by atoms with E-state index >= 15 is 0 Å². The fourth-order valence-electron chi connectivity index (χ4n) is 4.00. The molecule has 23 heavy (non-hydrogen) atoms. The minimum Gasteiger partial charge on any atom is -0.381 e. The summed E-state index contributed by atoms with van der Waals surface area (Å²) in [5, 5.41) is 8.47. The van der Waals surface area contributed by atoms with Crippen molar-refractivity contribution in [2.24, 2.45) is 5.41 Å². The predicted molar refractivity (Wildman–Crippen MR) is 84.3 cm³/mol. The molecular formula is C16H22N4O3. The van der Waals surface area contributed by atoms with Crippen LogP contribution in [-0.4, -0.2) is 47.1 Å². The number of anilines is 1. The highest BCUT2D eigenvalue weighted by Gasteiger charge is 2.56. The molecular weight excluding hydrogens is 296 g/mol. The molecule has 124 valence electrons. The quantitative estimate of drug-likeness (QED) is 0.926. The van der Waals surface area contributed by atoms with Crippen LogP contribution in [-0.2, 0) is 9.47 Å². The van der Waals surface area contributed by atoms with Crippen molar-refractivity contribution < 1.29 is 14.0 Å². The van der Waals surface area contributed by atoms with Crippen LogP contribution in [0.25, 0.3) is 11.1 Å². The lowest BCUT2D eigenvalue weighted by Gasteiger charge is -2.57. The molecule has 1 saturated heterocycles. The zero-order valence-electron chi connectivity index (χ0n) is 13.5. The van der Waals surface area contributed by atoms with Gasteiger partial charge in [-0.3, -0.25) is 0 Å². The molecule has 2 aliphatic rings. The molecule has 7 nitrogen and oxygen atoms in total. The molecule has 0 bridgehead atoms. The predicted octanol–water partition coefficient (Wildman–Crippen LogP) is 2.31. The first kappa shape index (κ1) is 14.8. The van der Waals surface area contributed by atoms with Crippen molar-refractivity contribution in [1.82, 2.24) is 15.1 Å². The van der Waals surface area contributed by atoms with Crippen LogP contribution in [0, 0.1) is 12.3 Å². The molecule has 1 aliphatic carbocycles. The molecule has 2 atom stereocenters. The Kier molecular flexibility index (Phi) is 3.69. The van der Waals surface area contributed by atoms with E-state index in [1.165, 1.54) is 6.33 Å². The van der Waals surface area contributed by atoms with Crippen LogP contribution >= 0.6 is 0 Å². The minimum atomic E-state index is 0.136. The van der Waals surface area contributed by atoms with E-state index in [9.17, 15) is 0 Å². The van der Waals surface area contributed by atoms with Crippen LogP contribution < -0.4 is 5.32 Å². The molecule has 1 saturated carbocycles. The minimum absolute atomic E-state index is 0.136. The summed E-state index contributed by atoms with van der Waals surface area (Å²) in [7, 11) is 0. The Labute approximate surface area is 134 Å². The maximum Gasteiger partial charge on any atom is 0.263 e. The van der Waals surface area contributed by atoms with E-state index in [1.54, 1.807) is 0 Å². The van der Waals surface area contributed by atoms with Gasteiger partial charge in [-0.2, -0.15) is 4.98 Å². The van der Waals surface area contributed by atoms with Gasteiger partial charge in [0.2, 0.25) is 0 Å². The summed E-state index contributed by atoms with van der Waals surface area (Å²) in [6, 6.07) is 0.329. The first-order valence-corrected chi connectivity index (χ1v) is 8.27. The second kappa shape index (κ2) is 5.72. The van der Waals surface area contributed by atoms with Crippen molar-refractivity contribution in [3.63, 3.8) is 0 Å². The summed E-state index contributed by atoms with van der Waals surface area (Å²) in [4.78, 5) is 8.55. The Hall–Kier alpha value is -1.73. The highest BCUT2D eigenvalue weighted by Crippen LogP contribution is 2.52. The van der Waals surface area contributed by atoms with E-state index in [2.05, 4.69) is 27.4 Å². The van der Waals surface area contributed by atoms with Gasteiger partial charge in [-0.25, -0.2) is 4.98 Å². The van der Waals surface area contributed by atoms with Crippen LogP contribution in [0.15, 0.2) is 10.9 Å². The average molecular weight is 318 g/mol. The maximum absolute atomic E-state index is 5.98. The van der Waals surface area contributed by atoms with Crippen LogP contribution in [0.2, 0.25) is 0 Å². The van der Waals surface area contributed by atoms with Crippen LogP contribution in [0.5, 0.6) is 0 Å². The molecule has 4 rings (SSSR count). The molecule has 1 spiro atoms. The topological polar surface area (TPSA) is 82.3 Å². The van der Waals surface area contributed by atoms with Crippen molar-refractivity contribution in [3.05, 3.63) is 12.0 Å². The molecule has 7 heteroatoms. The van der Waals surface area contributed by atoms with Crippen molar-refractivity contribution >= 4 is 16.9 Å². The van der Waals surface area contributed by atoms with E-state index in [4.69, 9.17) is 14.0 Å². The monoisotopic (exact) mass is 318 g/mol. The number of ether oxygens (including phenoxy) is 2. The van der Waals surface area contributed by atoms with E-state index < -0.39 is 0 Å². The number of fused-ring (bicyclic) bond motifs is 1. The highest BCUT2D eigenvalue weighted by molar-refractivity contribution is 5.87. The third kappa shape index (κ3) is 2.30. The molecule has 2 fully saturated rings. The molecule has 0 amide bonds. The first-order chi connectivity index (χ1) is 11.2. The summed E-state index contributed by atoms with van der Waals surface area (Å²) in [5.41, 5.74) is 1.47. The summed E-state index contributed by atoms with van der Waals surface area (Å²) >= 11 is 0. The Morgan fingerprint density at radius 3 is 2.96 bits per heavy atom. The molecule has 3 heterocycles. The van der Waals surface area contributed by atoms with Gasteiger partial charge in [0.05, 0.1) is 11.8 Å². The molecule has 1 N–H and O–H groups in total. The maximum atomic E-state index is 5.98. The summed E-state index contributed by atoms with van der Waals surface area (Å²) < 4.78 is 16.8. The Morgan fingerprint density at radius 2 is 2.17 bits per heavy atom. The fourth-order valence-corrected chi connectivity index (χ4v) is 4.00. The van der Waals surface area contributed by atoms with E-state index in [1.807, 2.05) is 6.92 Å². The number of nitrogens with one attached hydrogen (secondary N) is 1. The third-order valence-electron chi connectivity index (χ3n) is 5.33. The van der Waals surface area contributed by atoms with Gasteiger partial charge in [-0.1, -0.05) is 5.16 Å². The summed E-state index contributed by atoms with van der Waals surface area (Å²) in [5.74, 6) is 0.805. The van der Waals surface area contributed by atoms with Crippen molar-refractivity contribution in [2.75, 3.05) is 25.1 Å². The average Bonchev–Trinajstić information content (AvgIpc) is 2.97. The van der Waals surface area contributed by atoms with Crippen molar-refractivity contribution in [3.8, 4) is 0 Å². The lowest BCUT2D eigenvalue weighted by Crippen LogP contribution is -2.63. The lowest BCUT2D eigenvalue weighted by molar-refractivity contribution is -0.159. The molecule has 0 aromatic carbocycles. The van der Waals surface area contributed by atoms with Gasteiger partial charge in [-0.05, 0) is 33.1 Å². The smallest absolute Gasteiger partial charge is 0.263 e. The molecule has 2 aromatic rings. The summed E-state index contributed by atoms with van der Waals surface area (Å²) in [6.07, 6.45) is 4.85. The Bertz CT molecular complexity index is 696. The van der Waals surface area contributed by atoms with Gasteiger partial charge in [0.15, 0.2) is 0 Å². The zero-order chi connectivity index (χ0) is 15.9. The largest absolute Gasteiger partial charge is 0.381 e. The van der Waals surface area contributed by atoms with Gasteiger partial charge >= 0.3 is 0 Å². The molecule has 1 aliphatic heterocycles. The summed E-state index contributed by atoms with van der Waals surface area (Å²) in [6.45, 7) is 6.32. The van der Waals surface area contributed by atoms with Crippen LogP contribution in [0.3, 0.4) is 0 Å². The number of hydrogen-bond acceptors (Lipinski definition) is 7. The highest BCUT2D eigenvalue weighted by atomic mass is 16.5.